The summed E-state index contributed by atoms with van der Waals surface area (Å²) in [5.41, 5.74) is 3.46. The first-order chi connectivity index (χ1) is 11.8. The molecule has 2 aromatic rings. The van der Waals surface area contributed by atoms with Gasteiger partial charge in [-0.15, -0.1) is 5.10 Å². The number of nitrogens with one attached hydrogen (secondary N) is 3. The van der Waals surface area contributed by atoms with Crippen molar-refractivity contribution in [2.75, 3.05) is 18.9 Å². The average molecular weight is 381 g/mol. The van der Waals surface area contributed by atoms with Crippen molar-refractivity contribution in [1.29, 1.82) is 0 Å². The van der Waals surface area contributed by atoms with Gasteiger partial charge in [-0.2, -0.15) is 4.68 Å². The molecular weight excluding hydrogens is 354 g/mol. The molecule has 0 aliphatic carbocycles. The number of hydrogen-bond donors (Lipinski definition) is 3. The normalized spacial score (nSPS) is 12.2. The lowest BCUT2D eigenvalue weighted by Crippen LogP contribution is -3.09. The fourth-order valence-electron chi connectivity index (χ4n) is 2.42. The summed E-state index contributed by atoms with van der Waals surface area (Å²) >= 11 is 6.85. The van der Waals surface area contributed by atoms with Gasteiger partial charge in [0, 0.05) is 11.7 Å². The van der Waals surface area contributed by atoms with Gasteiger partial charge in [0.1, 0.15) is 0 Å². The number of amides is 1. The van der Waals surface area contributed by atoms with E-state index in [1.807, 2.05) is 33.0 Å². The van der Waals surface area contributed by atoms with Gasteiger partial charge in [-0.05, 0) is 57.1 Å². The quantitative estimate of drug-likeness (QED) is 0.643. The van der Waals surface area contributed by atoms with Crippen molar-refractivity contribution in [2.45, 2.75) is 40.4 Å². The molecule has 3 N–H and O–H groups in total. The average Bonchev–Trinajstić information content (AvgIpc) is 2.82. The van der Waals surface area contributed by atoms with Gasteiger partial charge in [0.15, 0.2) is 17.2 Å². The Morgan fingerprint density at radius 1 is 1.40 bits per heavy atom. The summed E-state index contributed by atoms with van der Waals surface area (Å²) in [7, 11) is 1.96. The van der Waals surface area contributed by atoms with Gasteiger partial charge in [-0.3, -0.25) is 4.79 Å². The van der Waals surface area contributed by atoms with Gasteiger partial charge in [0.05, 0.1) is 7.05 Å². The van der Waals surface area contributed by atoms with E-state index in [2.05, 4.69) is 35.6 Å². The van der Waals surface area contributed by atoms with Gasteiger partial charge in [-0.25, -0.2) is 0 Å². The topological polar surface area (TPSA) is 63.4 Å². The molecule has 0 aliphatic heterocycles. The third kappa shape index (κ3) is 5.62. The molecule has 0 fully saturated rings. The molecule has 2 rings (SSSR count). The highest BCUT2D eigenvalue weighted by Gasteiger charge is 2.14. The van der Waals surface area contributed by atoms with E-state index in [4.69, 9.17) is 12.2 Å². The van der Waals surface area contributed by atoms with Crippen molar-refractivity contribution in [2.24, 2.45) is 0 Å². The number of aryl methyl sites for hydroxylation is 1. The SMILES string of the molecule is Cc1cccc(Nc2nn(C[NH+](C)CC(=O)NC(C)C)c(=S)s2)c1C. The molecule has 1 aromatic heterocycles. The molecule has 0 spiro atoms. The molecular formula is C17H26N5OS2+. The molecule has 1 aromatic carbocycles. The highest BCUT2D eigenvalue weighted by molar-refractivity contribution is 7.73. The predicted octanol–water partition coefficient (Wildman–Crippen LogP) is 2.03. The third-order valence-electron chi connectivity index (χ3n) is 3.78. The number of aromatic nitrogens is 2. The van der Waals surface area contributed by atoms with Crippen LogP contribution in [0.3, 0.4) is 0 Å². The highest BCUT2D eigenvalue weighted by Crippen LogP contribution is 2.24. The van der Waals surface area contributed by atoms with Crippen molar-refractivity contribution in [3.05, 3.63) is 33.3 Å². The number of hydrogen-bond acceptors (Lipinski definition) is 5. The van der Waals surface area contributed by atoms with Crippen molar-refractivity contribution in [1.82, 2.24) is 15.1 Å². The zero-order valence-electron chi connectivity index (χ0n) is 15.3. The summed E-state index contributed by atoms with van der Waals surface area (Å²) in [4.78, 5) is 12.9. The van der Waals surface area contributed by atoms with Crippen molar-refractivity contribution >= 4 is 40.3 Å². The van der Waals surface area contributed by atoms with Crippen LogP contribution in [-0.2, 0) is 11.5 Å². The minimum absolute atomic E-state index is 0.0305. The van der Waals surface area contributed by atoms with E-state index >= 15 is 0 Å². The van der Waals surface area contributed by atoms with E-state index in [1.165, 1.54) is 22.5 Å². The van der Waals surface area contributed by atoms with Crippen LogP contribution < -0.4 is 15.5 Å². The second kappa shape index (κ2) is 8.55. The Kier molecular flexibility index (Phi) is 6.69. The number of anilines is 2. The van der Waals surface area contributed by atoms with Crippen LogP contribution in [0.4, 0.5) is 10.8 Å². The number of benzene rings is 1. The molecule has 0 saturated carbocycles. The smallest absolute Gasteiger partial charge is 0.275 e. The molecule has 1 unspecified atom stereocenters. The molecule has 1 atom stereocenters. The number of quaternary nitrogens is 1. The standard InChI is InChI=1S/C17H25N5OS2/c1-11(2)18-15(23)9-21(5)10-22-17(24)25-16(20-22)19-14-8-6-7-12(3)13(14)4/h6-8,11H,9-10H2,1-5H3,(H,18,23)(H,19,20)/p+1. The van der Waals surface area contributed by atoms with E-state index in [9.17, 15) is 4.79 Å². The van der Waals surface area contributed by atoms with Gasteiger partial charge >= 0.3 is 0 Å². The second-order valence-electron chi connectivity index (χ2n) is 6.56. The molecule has 25 heavy (non-hydrogen) atoms. The fraction of sp³-hybridized carbons (Fsp3) is 0.471. The Labute approximate surface area is 157 Å². The minimum Gasteiger partial charge on any atom is -0.349 e. The lowest BCUT2D eigenvalue weighted by atomic mass is 10.1. The summed E-state index contributed by atoms with van der Waals surface area (Å²) in [6.45, 7) is 9.01. The maximum absolute atomic E-state index is 11.9. The van der Waals surface area contributed by atoms with Crippen LogP contribution in [0.5, 0.6) is 0 Å². The summed E-state index contributed by atoms with van der Waals surface area (Å²) in [5.74, 6) is 0.0305. The maximum Gasteiger partial charge on any atom is 0.275 e. The van der Waals surface area contributed by atoms with E-state index in [1.54, 1.807) is 4.68 Å². The number of likely N-dealkylation sites (N-methyl/N-ethyl adjacent to an activating group) is 1. The van der Waals surface area contributed by atoms with Crippen LogP contribution in [0.2, 0.25) is 0 Å². The Morgan fingerprint density at radius 2 is 2.12 bits per heavy atom. The van der Waals surface area contributed by atoms with Crippen LogP contribution >= 0.6 is 23.6 Å². The Hall–Kier alpha value is -1.77. The first-order valence-corrected chi connectivity index (χ1v) is 9.50. The van der Waals surface area contributed by atoms with E-state index < -0.39 is 0 Å². The van der Waals surface area contributed by atoms with Crippen molar-refractivity contribution in [3.63, 3.8) is 0 Å². The van der Waals surface area contributed by atoms with Crippen molar-refractivity contribution < 1.29 is 9.69 Å². The van der Waals surface area contributed by atoms with Crippen LogP contribution in [0.1, 0.15) is 25.0 Å². The van der Waals surface area contributed by atoms with E-state index in [-0.39, 0.29) is 11.9 Å². The lowest BCUT2D eigenvalue weighted by Gasteiger charge is -2.14. The summed E-state index contributed by atoms with van der Waals surface area (Å²) in [6.07, 6.45) is 0. The highest BCUT2D eigenvalue weighted by atomic mass is 32.1. The van der Waals surface area contributed by atoms with Crippen LogP contribution in [0.25, 0.3) is 0 Å². The number of carbonyl (C=O) groups excluding carboxylic acids is 1. The molecule has 8 heteroatoms. The molecule has 6 nitrogen and oxygen atoms in total. The van der Waals surface area contributed by atoms with Gasteiger partial charge in [-0.1, -0.05) is 23.5 Å². The molecule has 0 bridgehead atoms. The lowest BCUT2D eigenvalue weighted by molar-refractivity contribution is -0.895. The van der Waals surface area contributed by atoms with Gasteiger partial charge < -0.3 is 15.5 Å². The second-order valence-corrected chi connectivity index (χ2v) is 8.18. The first-order valence-electron chi connectivity index (χ1n) is 8.28. The molecule has 0 saturated heterocycles. The van der Waals surface area contributed by atoms with Crippen molar-refractivity contribution in [3.8, 4) is 0 Å². The minimum atomic E-state index is 0.0305. The van der Waals surface area contributed by atoms with Crippen LogP contribution in [-0.4, -0.2) is 35.3 Å². The van der Waals surface area contributed by atoms with Crippen LogP contribution in [0, 0.1) is 17.8 Å². The predicted molar refractivity (Wildman–Crippen MR) is 105 cm³/mol. The molecule has 1 heterocycles. The zero-order valence-corrected chi connectivity index (χ0v) is 17.0. The van der Waals surface area contributed by atoms with Gasteiger partial charge in [0.25, 0.3) is 5.91 Å². The largest absolute Gasteiger partial charge is 0.349 e. The first kappa shape index (κ1) is 19.6. The molecule has 0 aliphatic rings. The summed E-state index contributed by atoms with van der Waals surface area (Å²) in [5, 5.41) is 11.6. The van der Waals surface area contributed by atoms with E-state index in [0.29, 0.717) is 17.2 Å². The number of nitrogens with zero attached hydrogens (tertiary/aromatic N) is 2. The van der Waals surface area contributed by atoms with E-state index in [0.717, 1.165) is 15.7 Å². The number of carbonyl (C=O) groups is 1. The Bertz CT molecular complexity index is 797. The van der Waals surface area contributed by atoms with Crippen LogP contribution in [0.15, 0.2) is 18.2 Å². The fourth-order valence-corrected chi connectivity index (χ4v) is 3.44. The summed E-state index contributed by atoms with van der Waals surface area (Å²) in [6, 6.07) is 6.29. The molecule has 1 amide bonds. The number of rotatable bonds is 7. The van der Waals surface area contributed by atoms with Gasteiger partial charge in [0.2, 0.25) is 5.13 Å². The maximum atomic E-state index is 11.9. The molecule has 0 radical (unpaired) electrons. The third-order valence-corrected chi connectivity index (χ3v) is 5.01. The monoisotopic (exact) mass is 380 g/mol. The Balaban J connectivity index is 2.03. The summed E-state index contributed by atoms with van der Waals surface area (Å²) < 4.78 is 2.46. The zero-order chi connectivity index (χ0) is 18.6. The Morgan fingerprint density at radius 3 is 2.80 bits per heavy atom. The molecule has 136 valence electrons.